The monoisotopic (exact) mass is 199 g/mol. The number of carbonyl (C=O) groups is 1. The summed E-state index contributed by atoms with van der Waals surface area (Å²) in [7, 11) is 1.66. The summed E-state index contributed by atoms with van der Waals surface area (Å²) in [4.78, 5) is 11.5. The fourth-order valence-corrected chi connectivity index (χ4v) is 2.10. The Balaban J connectivity index is 2.75. The Labute approximate surface area is 86.2 Å². The molecule has 0 aromatic carbocycles. The SMILES string of the molecule is CNC(=O)[C@H]1O[C@@H](C)[C@H](C)[C@@H](C)[C@@H]1C. The molecule has 0 bridgehead atoms. The zero-order valence-corrected chi connectivity index (χ0v) is 9.70. The molecule has 0 radical (unpaired) electrons. The highest BCUT2D eigenvalue weighted by Crippen LogP contribution is 2.34. The van der Waals surface area contributed by atoms with Crippen molar-refractivity contribution in [2.45, 2.75) is 39.9 Å². The van der Waals surface area contributed by atoms with E-state index in [4.69, 9.17) is 4.74 Å². The van der Waals surface area contributed by atoms with Gasteiger partial charge in [-0.3, -0.25) is 4.79 Å². The lowest BCUT2D eigenvalue weighted by Crippen LogP contribution is -2.50. The van der Waals surface area contributed by atoms with Crippen LogP contribution in [0.4, 0.5) is 0 Å². The molecule has 1 aliphatic rings. The number of carbonyl (C=O) groups excluding carboxylic acids is 1. The van der Waals surface area contributed by atoms with Gasteiger partial charge in [0.05, 0.1) is 6.10 Å². The molecule has 3 heteroatoms. The topological polar surface area (TPSA) is 38.3 Å². The summed E-state index contributed by atoms with van der Waals surface area (Å²) in [5.41, 5.74) is 0. The summed E-state index contributed by atoms with van der Waals surface area (Å²) < 4.78 is 5.72. The number of likely N-dealkylation sites (N-methyl/N-ethyl adjacent to an activating group) is 1. The Morgan fingerprint density at radius 3 is 2.14 bits per heavy atom. The molecule has 1 N–H and O–H groups in total. The van der Waals surface area contributed by atoms with Gasteiger partial charge >= 0.3 is 0 Å². The standard InChI is InChI=1S/C11H21NO2/c1-6-7(2)9(4)14-10(8(6)3)11(13)12-5/h6-10H,1-5H3,(H,12,13)/t6-,7-,8+,9+,10+/m1/s1. The third-order valence-corrected chi connectivity index (χ3v) is 3.74. The van der Waals surface area contributed by atoms with Gasteiger partial charge in [-0.15, -0.1) is 0 Å². The van der Waals surface area contributed by atoms with Crippen LogP contribution in [0.5, 0.6) is 0 Å². The van der Waals surface area contributed by atoms with Gasteiger partial charge in [-0.2, -0.15) is 0 Å². The number of hydrogen-bond donors (Lipinski definition) is 1. The van der Waals surface area contributed by atoms with E-state index in [2.05, 4.69) is 26.1 Å². The van der Waals surface area contributed by atoms with Gasteiger partial charge in [-0.25, -0.2) is 0 Å². The lowest BCUT2D eigenvalue weighted by Gasteiger charge is -2.41. The second-order valence-corrected chi connectivity index (χ2v) is 4.45. The van der Waals surface area contributed by atoms with Gasteiger partial charge in [0.15, 0.2) is 0 Å². The molecule has 0 aromatic rings. The van der Waals surface area contributed by atoms with Crippen LogP contribution in [0.1, 0.15) is 27.7 Å². The van der Waals surface area contributed by atoms with E-state index in [0.29, 0.717) is 17.8 Å². The highest BCUT2D eigenvalue weighted by atomic mass is 16.5. The number of nitrogens with one attached hydrogen (secondary N) is 1. The minimum atomic E-state index is -0.277. The fraction of sp³-hybridized carbons (Fsp3) is 0.909. The first kappa shape index (κ1) is 11.5. The maximum Gasteiger partial charge on any atom is 0.249 e. The van der Waals surface area contributed by atoms with Gasteiger partial charge in [-0.1, -0.05) is 20.8 Å². The zero-order valence-electron chi connectivity index (χ0n) is 9.70. The van der Waals surface area contributed by atoms with E-state index in [1.165, 1.54) is 0 Å². The molecule has 1 saturated heterocycles. The van der Waals surface area contributed by atoms with Crippen LogP contribution in [-0.4, -0.2) is 25.2 Å². The van der Waals surface area contributed by atoms with Crippen molar-refractivity contribution in [2.75, 3.05) is 7.05 Å². The summed E-state index contributed by atoms with van der Waals surface area (Å²) in [6.07, 6.45) is -0.107. The molecular weight excluding hydrogens is 178 g/mol. The largest absolute Gasteiger partial charge is 0.365 e. The summed E-state index contributed by atoms with van der Waals surface area (Å²) in [5, 5.41) is 2.66. The number of hydrogen-bond acceptors (Lipinski definition) is 2. The van der Waals surface area contributed by atoms with E-state index in [0.717, 1.165) is 0 Å². The van der Waals surface area contributed by atoms with Crippen LogP contribution < -0.4 is 5.32 Å². The van der Waals surface area contributed by atoms with Crippen molar-refractivity contribution >= 4 is 5.91 Å². The van der Waals surface area contributed by atoms with Gasteiger partial charge in [0.2, 0.25) is 5.91 Å². The van der Waals surface area contributed by atoms with Crippen LogP contribution in [0.25, 0.3) is 0 Å². The highest BCUT2D eigenvalue weighted by molar-refractivity contribution is 5.80. The average Bonchev–Trinajstić information content (AvgIpc) is 2.19. The molecule has 0 spiro atoms. The molecule has 5 atom stereocenters. The quantitative estimate of drug-likeness (QED) is 0.693. The van der Waals surface area contributed by atoms with Gasteiger partial charge in [0.25, 0.3) is 0 Å². The summed E-state index contributed by atoms with van der Waals surface area (Å²) in [6, 6.07) is 0. The lowest BCUT2D eigenvalue weighted by molar-refractivity contribution is -0.159. The number of ether oxygens (including phenoxy) is 1. The molecule has 0 aliphatic carbocycles. The van der Waals surface area contributed by atoms with Crippen molar-refractivity contribution in [2.24, 2.45) is 17.8 Å². The third kappa shape index (κ3) is 1.92. The third-order valence-electron chi connectivity index (χ3n) is 3.74. The zero-order chi connectivity index (χ0) is 10.9. The van der Waals surface area contributed by atoms with Crippen molar-refractivity contribution in [1.82, 2.24) is 5.32 Å². The number of amides is 1. The van der Waals surface area contributed by atoms with E-state index < -0.39 is 0 Å². The Kier molecular flexibility index (Phi) is 3.53. The molecule has 1 aliphatic heterocycles. The predicted molar refractivity (Wildman–Crippen MR) is 55.9 cm³/mol. The molecule has 0 aromatic heterocycles. The van der Waals surface area contributed by atoms with Crippen LogP contribution in [0.15, 0.2) is 0 Å². The molecule has 3 nitrogen and oxygen atoms in total. The fourth-order valence-electron chi connectivity index (χ4n) is 2.10. The van der Waals surface area contributed by atoms with Crippen molar-refractivity contribution in [3.8, 4) is 0 Å². The normalized spacial score (nSPS) is 43.4. The first-order valence-electron chi connectivity index (χ1n) is 5.36. The Morgan fingerprint density at radius 1 is 1.07 bits per heavy atom. The molecule has 1 heterocycles. The van der Waals surface area contributed by atoms with E-state index in [1.807, 2.05) is 6.92 Å². The van der Waals surface area contributed by atoms with Gasteiger partial charge in [-0.05, 0) is 24.7 Å². The van der Waals surface area contributed by atoms with Crippen molar-refractivity contribution in [1.29, 1.82) is 0 Å². The van der Waals surface area contributed by atoms with Crippen LogP contribution in [0, 0.1) is 17.8 Å². The molecule has 82 valence electrons. The second kappa shape index (κ2) is 4.30. The van der Waals surface area contributed by atoms with Crippen LogP contribution in [0.2, 0.25) is 0 Å². The molecule has 1 amide bonds. The number of rotatable bonds is 1. The summed E-state index contributed by atoms with van der Waals surface area (Å²) in [6.45, 7) is 8.52. The van der Waals surface area contributed by atoms with E-state index in [9.17, 15) is 4.79 Å². The first-order chi connectivity index (χ1) is 6.49. The van der Waals surface area contributed by atoms with E-state index in [1.54, 1.807) is 7.05 Å². The van der Waals surface area contributed by atoms with Crippen molar-refractivity contribution in [3.63, 3.8) is 0 Å². The maximum atomic E-state index is 11.5. The van der Waals surface area contributed by atoms with Crippen LogP contribution >= 0.6 is 0 Å². The van der Waals surface area contributed by atoms with E-state index >= 15 is 0 Å². The predicted octanol–water partition coefficient (Wildman–Crippen LogP) is 1.43. The minimum Gasteiger partial charge on any atom is -0.365 e. The van der Waals surface area contributed by atoms with Crippen molar-refractivity contribution in [3.05, 3.63) is 0 Å². The van der Waals surface area contributed by atoms with Crippen LogP contribution in [0.3, 0.4) is 0 Å². The first-order valence-corrected chi connectivity index (χ1v) is 5.36. The van der Waals surface area contributed by atoms with Crippen molar-refractivity contribution < 1.29 is 9.53 Å². The molecule has 1 rings (SSSR count). The smallest absolute Gasteiger partial charge is 0.249 e. The molecule has 0 unspecified atom stereocenters. The summed E-state index contributed by atoms with van der Waals surface area (Å²) in [5.74, 6) is 1.34. The molecule has 14 heavy (non-hydrogen) atoms. The molecular formula is C11H21NO2. The summed E-state index contributed by atoms with van der Waals surface area (Å²) >= 11 is 0. The maximum absolute atomic E-state index is 11.5. The van der Waals surface area contributed by atoms with Gasteiger partial charge in [0.1, 0.15) is 6.10 Å². The van der Waals surface area contributed by atoms with E-state index in [-0.39, 0.29) is 18.1 Å². The van der Waals surface area contributed by atoms with Gasteiger partial charge in [0, 0.05) is 7.05 Å². The van der Waals surface area contributed by atoms with Gasteiger partial charge < -0.3 is 10.1 Å². The lowest BCUT2D eigenvalue weighted by atomic mass is 9.76. The minimum absolute atomic E-state index is 0.00287. The Hall–Kier alpha value is -0.570. The highest BCUT2D eigenvalue weighted by Gasteiger charge is 2.39. The second-order valence-electron chi connectivity index (χ2n) is 4.45. The van der Waals surface area contributed by atoms with Crippen LogP contribution in [-0.2, 0) is 9.53 Å². The molecule has 1 fully saturated rings. The Morgan fingerprint density at radius 2 is 1.64 bits per heavy atom. The Bertz CT molecular complexity index is 217. The molecule has 0 saturated carbocycles. The average molecular weight is 199 g/mol.